The third-order valence-electron chi connectivity index (χ3n) is 5.33. The molecule has 8 heteroatoms. The molecule has 0 saturated heterocycles. The SMILES string of the molecule is CCN(Cc1cc(C(F)(F)F)ccc1-c1cc(C#C[Si](C)(C)C)cnc1OC)C(=O)C1CC1. The van der Waals surface area contributed by atoms with Gasteiger partial charge in [0.2, 0.25) is 11.8 Å². The summed E-state index contributed by atoms with van der Waals surface area (Å²) in [7, 11) is -0.161. The van der Waals surface area contributed by atoms with Crippen LogP contribution in [-0.2, 0) is 17.5 Å². The van der Waals surface area contributed by atoms with E-state index in [2.05, 4.69) is 36.1 Å². The molecule has 1 aliphatic rings. The number of carbonyl (C=O) groups excluding carboxylic acids is 1. The van der Waals surface area contributed by atoms with Crippen molar-refractivity contribution >= 4 is 14.0 Å². The van der Waals surface area contributed by atoms with Crippen molar-refractivity contribution in [3.05, 3.63) is 47.2 Å². The average Bonchev–Trinajstić information content (AvgIpc) is 3.59. The number of amides is 1. The van der Waals surface area contributed by atoms with Gasteiger partial charge >= 0.3 is 6.18 Å². The Morgan fingerprint density at radius 1 is 1.21 bits per heavy atom. The van der Waals surface area contributed by atoms with E-state index in [-0.39, 0.29) is 18.4 Å². The Labute approximate surface area is 194 Å². The van der Waals surface area contributed by atoms with Crippen LogP contribution in [0.4, 0.5) is 13.2 Å². The molecule has 1 aliphatic carbocycles. The first-order valence-corrected chi connectivity index (χ1v) is 14.5. The molecule has 1 fully saturated rings. The van der Waals surface area contributed by atoms with Crippen LogP contribution in [-0.4, -0.2) is 37.5 Å². The lowest BCUT2D eigenvalue weighted by molar-refractivity contribution is -0.137. The van der Waals surface area contributed by atoms with Crippen LogP contribution in [0.3, 0.4) is 0 Å². The average molecular weight is 475 g/mol. The zero-order valence-electron chi connectivity index (χ0n) is 19.6. The molecule has 3 rings (SSSR count). The monoisotopic (exact) mass is 474 g/mol. The van der Waals surface area contributed by atoms with E-state index >= 15 is 0 Å². The third-order valence-corrected chi connectivity index (χ3v) is 6.21. The highest BCUT2D eigenvalue weighted by molar-refractivity contribution is 6.83. The maximum atomic E-state index is 13.5. The van der Waals surface area contributed by atoms with E-state index in [1.165, 1.54) is 13.2 Å². The number of pyridine rings is 1. The Kier molecular flexibility index (Phi) is 7.22. The van der Waals surface area contributed by atoms with Crippen LogP contribution in [0.1, 0.15) is 36.5 Å². The molecule has 0 spiro atoms. The van der Waals surface area contributed by atoms with E-state index < -0.39 is 19.8 Å². The maximum Gasteiger partial charge on any atom is 0.416 e. The summed E-state index contributed by atoms with van der Waals surface area (Å²) in [5, 5.41) is 0. The molecule has 4 nitrogen and oxygen atoms in total. The molecule has 33 heavy (non-hydrogen) atoms. The molecule has 0 N–H and O–H groups in total. The molecule has 0 aliphatic heterocycles. The van der Waals surface area contributed by atoms with Gasteiger partial charge in [0, 0.05) is 36.3 Å². The Morgan fingerprint density at radius 3 is 2.45 bits per heavy atom. The lowest BCUT2D eigenvalue weighted by Crippen LogP contribution is -2.31. The Morgan fingerprint density at radius 2 is 1.91 bits per heavy atom. The number of benzene rings is 1. The predicted octanol–water partition coefficient (Wildman–Crippen LogP) is 5.76. The van der Waals surface area contributed by atoms with Gasteiger partial charge in [-0.2, -0.15) is 13.2 Å². The largest absolute Gasteiger partial charge is 0.481 e. The lowest BCUT2D eigenvalue weighted by atomic mass is 9.96. The quantitative estimate of drug-likeness (QED) is 0.395. The smallest absolute Gasteiger partial charge is 0.416 e. The molecule has 1 amide bonds. The van der Waals surface area contributed by atoms with Gasteiger partial charge in [-0.1, -0.05) is 31.6 Å². The topological polar surface area (TPSA) is 42.4 Å². The fourth-order valence-corrected chi connectivity index (χ4v) is 3.96. The number of rotatable bonds is 6. The first kappa shape index (κ1) is 24.8. The molecule has 0 atom stereocenters. The van der Waals surface area contributed by atoms with Crippen molar-refractivity contribution in [2.45, 2.75) is 52.1 Å². The summed E-state index contributed by atoms with van der Waals surface area (Å²) in [6.07, 6.45) is -1.22. The van der Waals surface area contributed by atoms with Crippen LogP contribution in [0.2, 0.25) is 19.6 Å². The fourth-order valence-electron chi connectivity index (χ4n) is 3.44. The highest BCUT2D eigenvalue weighted by Crippen LogP contribution is 2.38. The first-order chi connectivity index (χ1) is 15.4. The molecule has 1 saturated carbocycles. The van der Waals surface area contributed by atoms with Crippen LogP contribution in [0, 0.1) is 17.4 Å². The van der Waals surface area contributed by atoms with Gasteiger partial charge in [0.25, 0.3) is 0 Å². The number of hydrogen-bond donors (Lipinski definition) is 0. The van der Waals surface area contributed by atoms with Crippen LogP contribution < -0.4 is 4.74 Å². The van der Waals surface area contributed by atoms with E-state index in [1.54, 1.807) is 17.2 Å². The minimum atomic E-state index is -4.49. The van der Waals surface area contributed by atoms with E-state index in [4.69, 9.17) is 4.74 Å². The molecule has 1 heterocycles. The number of ether oxygens (including phenoxy) is 1. The summed E-state index contributed by atoms with van der Waals surface area (Å²) in [6.45, 7) is 8.72. The van der Waals surface area contributed by atoms with Crippen LogP contribution in [0.5, 0.6) is 5.88 Å². The van der Waals surface area contributed by atoms with Gasteiger partial charge in [0.1, 0.15) is 8.07 Å². The number of methoxy groups -OCH3 is 1. The predicted molar refractivity (Wildman–Crippen MR) is 125 cm³/mol. The molecule has 176 valence electrons. The number of nitrogens with zero attached hydrogens (tertiary/aromatic N) is 2. The number of carbonyl (C=O) groups is 1. The molecular formula is C25H29F3N2O2Si. The molecule has 0 radical (unpaired) electrons. The van der Waals surface area contributed by atoms with Crippen molar-refractivity contribution < 1.29 is 22.7 Å². The van der Waals surface area contributed by atoms with Gasteiger partial charge in [-0.05, 0) is 49.1 Å². The molecule has 0 bridgehead atoms. The standard InChI is InChI=1S/C25H29F3N2O2Si/c1-6-30(24(31)18-7-8-18)16-19-14-20(25(26,27)28)9-10-21(19)22-13-17(11-12-33(3,4)5)15-29-23(22)32-2/h9-10,13-15,18H,6-8,16H2,1-5H3. The number of alkyl halides is 3. The van der Waals surface area contributed by atoms with Gasteiger partial charge in [0.15, 0.2) is 0 Å². The molecule has 2 aromatic rings. The minimum Gasteiger partial charge on any atom is -0.481 e. The zero-order chi connectivity index (χ0) is 24.4. The molecule has 0 unspecified atom stereocenters. The van der Waals surface area contributed by atoms with E-state index in [1.807, 2.05) is 6.92 Å². The van der Waals surface area contributed by atoms with Crippen LogP contribution in [0.15, 0.2) is 30.5 Å². The number of hydrogen-bond acceptors (Lipinski definition) is 3. The lowest BCUT2D eigenvalue weighted by Gasteiger charge is -2.24. The van der Waals surface area contributed by atoms with Gasteiger partial charge in [-0.15, -0.1) is 5.54 Å². The summed E-state index contributed by atoms with van der Waals surface area (Å²) in [4.78, 5) is 18.6. The second-order valence-corrected chi connectivity index (χ2v) is 14.0. The summed E-state index contributed by atoms with van der Waals surface area (Å²) < 4.78 is 45.9. The van der Waals surface area contributed by atoms with E-state index in [0.717, 1.165) is 25.0 Å². The van der Waals surface area contributed by atoms with Crippen molar-refractivity contribution in [1.82, 2.24) is 9.88 Å². The fraction of sp³-hybridized carbons (Fsp3) is 0.440. The normalized spacial score (nSPS) is 13.8. The number of halogens is 3. The van der Waals surface area contributed by atoms with Crippen molar-refractivity contribution in [1.29, 1.82) is 0 Å². The van der Waals surface area contributed by atoms with Crippen molar-refractivity contribution in [2.24, 2.45) is 5.92 Å². The Hall–Kier alpha value is -2.79. The first-order valence-electron chi connectivity index (χ1n) is 11.0. The summed E-state index contributed by atoms with van der Waals surface area (Å²) in [5.74, 6) is 3.41. The van der Waals surface area contributed by atoms with Crippen molar-refractivity contribution in [2.75, 3.05) is 13.7 Å². The van der Waals surface area contributed by atoms with Crippen LogP contribution >= 0.6 is 0 Å². The second-order valence-electron chi connectivity index (χ2n) is 9.28. The van der Waals surface area contributed by atoms with Crippen molar-refractivity contribution in [3.8, 4) is 28.5 Å². The maximum absolute atomic E-state index is 13.5. The highest BCUT2D eigenvalue weighted by atomic mass is 28.3. The van der Waals surface area contributed by atoms with Gasteiger partial charge < -0.3 is 9.64 Å². The van der Waals surface area contributed by atoms with E-state index in [0.29, 0.717) is 34.7 Å². The zero-order valence-corrected chi connectivity index (χ0v) is 20.6. The van der Waals surface area contributed by atoms with Crippen molar-refractivity contribution in [3.63, 3.8) is 0 Å². The van der Waals surface area contributed by atoms with E-state index in [9.17, 15) is 18.0 Å². The van der Waals surface area contributed by atoms with Crippen LogP contribution in [0.25, 0.3) is 11.1 Å². The number of aromatic nitrogens is 1. The van der Waals surface area contributed by atoms with Gasteiger partial charge in [0.05, 0.1) is 12.7 Å². The summed E-state index contributed by atoms with van der Waals surface area (Å²) >= 11 is 0. The molecule has 1 aromatic heterocycles. The summed E-state index contributed by atoms with van der Waals surface area (Å²) in [6, 6.07) is 5.41. The Balaban J connectivity index is 2.12. The Bertz CT molecular complexity index is 1090. The second kappa shape index (κ2) is 9.60. The van der Waals surface area contributed by atoms with Gasteiger partial charge in [-0.25, -0.2) is 4.98 Å². The minimum absolute atomic E-state index is 0.0132. The highest BCUT2D eigenvalue weighted by Gasteiger charge is 2.34. The molecular weight excluding hydrogens is 445 g/mol. The van der Waals surface area contributed by atoms with Gasteiger partial charge in [-0.3, -0.25) is 4.79 Å². The third kappa shape index (κ3) is 6.38. The molecule has 1 aromatic carbocycles. The summed E-state index contributed by atoms with van der Waals surface area (Å²) in [5.41, 5.74) is 4.70.